The number of carbonyl (C=O) groups is 1. The van der Waals surface area contributed by atoms with Crippen LogP contribution in [0, 0.1) is 0 Å². The quantitative estimate of drug-likeness (QED) is 0.744. The van der Waals surface area contributed by atoms with E-state index in [4.69, 9.17) is 14.2 Å². The van der Waals surface area contributed by atoms with E-state index < -0.39 is 0 Å². The molecular weight excluding hydrogens is 400 g/mol. The molecule has 1 N–H and O–H groups in total. The van der Waals surface area contributed by atoms with Crippen molar-refractivity contribution in [1.82, 2.24) is 10.3 Å². The lowest BCUT2D eigenvalue weighted by Gasteiger charge is -2.20. The zero-order valence-corrected chi connectivity index (χ0v) is 16.2. The number of carbonyl (C=O) groups excluding carboxylic acids is 1. The van der Waals surface area contributed by atoms with Crippen LogP contribution in [0.15, 0.2) is 34.9 Å². The fourth-order valence-corrected chi connectivity index (χ4v) is 3.02. The molecule has 6 nitrogen and oxygen atoms in total. The first-order valence-electron chi connectivity index (χ1n) is 8.58. The number of pyridine rings is 1. The number of rotatable bonds is 7. The van der Waals surface area contributed by atoms with Crippen LogP contribution in [0.3, 0.4) is 0 Å². The van der Waals surface area contributed by atoms with Crippen LogP contribution in [0.1, 0.15) is 24.5 Å². The van der Waals surface area contributed by atoms with Gasteiger partial charge in [0.2, 0.25) is 11.8 Å². The summed E-state index contributed by atoms with van der Waals surface area (Å²) in [5.41, 5.74) is 1.70. The Balaban J connectivity index is 1.61. The molecule has 26 heavy (non-hydrogen) atoms. The molecule has 0 saturated heterocycles. The van der Waals surface area contributed by atoms with Gasteiger partial charge in [-0.15, -0.1) is 0 Å². The van der Waals surface area contributed by atoms with Gasteiger partial charge in [-0.2, -0.15) is 0 Å². The summed E-state index contributed by atoms with van der Waals surface area (Å²) >= 11 is 3.49. The topological polar surface area (TPSA) is 69.7 Å². The minimum atomic E-state index is -0.0901. The maximum atomic E-state index is 12.4. The average Bonchev–Trinajstić information content (AvgIpc) is 2.66. The Morgan fingerprint density at radius 1 is 1.27 bits per heavy atom. The summed E-state index contributed by atoms with van der Waals surface area (Å²) in [6.45, 7) is 4.06. The molecule has 1 aromatic carbocycles. The first-order valence-corrected chi connectivity index (χ1v) is 9.38. The molecular formula is C19H21BrN2O4. The molecule has 1 aromatic heterocycles. The third kappa shape index (κ3) is 4.66. The van der Waals surface area contributed by atoms with Gasteiger partial charge >= 0.3 is 0 Å². The molecule has 1 aliphatic rings. The molecule has 2 heterocycles. The highest BCUT2D eigenvalue weighted by atomic mass is 79.9. The van der Waals surface area contributed by atoms with Gasteiger partial charge in [-0.05, 0) is 30.2 Å². The molecule has 0 radical (unpaired) electrons. The van der Waals surface area contributed by atoms with Crippen molar-refractivity contribution < 1.29 is 19.0 Å². The standard InChI is InChI=1S/C19H21BrN2O4/c1-2-6-26-19-13(4-3-5-21-19)12-22-18(23)10-14-9-16-17(11-15(14)20)25-8-7-24-16/h3-5,9,11H,2,6-8,10,12H2,1H3,(H,22,23). The number of aromatic nitrogens is 1. The zero-order chi connectivity index (χ0) is 18.4. The summed E-state index contributed by atoms with van der Waals surface area (Å²) in [6, 6.07) is 7.42. The summed E-state index contributed by atoms with van der Waals surface area (Å²) in [5, 5.41) is 2.92. The summed E-state index contributed by atoms with van der Waals surface area (Å²) in [6.07, 6.45) is 2.83. The number of nitrogens with one attached hydrogen (secondary N) is 1. The van der Waals surface area contributed by atoms with Gasteiger partial charge in [-0.1, -0.05) is 28.9 Å². The Morgan fingerprint density at radius 3 is 2.81 bits per heavy atom. The highest BCUT2D eigenvalue weighted by Crippen LogP contribution is 2.35. The van der Waals surface area contributed by atoms with E-state index in [0.29, 0.717) is 43.7 Å². The van der Waals surface area contributed by atoms with Crippen LogP contribution in [0.25, 0.3) is 0 Å². The fourth-order valence-electron chi connectivity index (χ4n) is 2.56. The van der Waals surface area contributed by atoms with E-state index in [2.05, 4.69) is 26.2 Å². The summed E-state index contributed by atoms with van der Waals surface area (Å²) < 4.78 is 17.6. The van der Waals surface area contributed by atoms with Crippen LogP contribution in [-0.2, 0) is 17.8 Å². The number of halogens is 1. The second-order valence-corrected chi connectivity index (χ2v) is 6.71. The number of nitrogens with zero attached hydrogens (tertiary/aromatic N) is 1. The second-order valence-electron chi connectivity index (χ2n) is 5.86. The van der Waals surface area contributed by atoms with Crippen molar-refractivity contribution in [2.45, 2.75) is 26.3 Å². The molecule has 0 bridgehead atoms. The molecule has 3 rings (SSSR count). The number of hydrogen-bond acceptors (Lipinski definition) is 5. The van der Waals surface area contributed by atoms with Crippen molar-refractivity contribution in [3.05, 3.63) is 46.1 Å². The highest BCUT2D eigenvalue weighted by molar-refractivity contribution is 9.10. The van der Waals surface area contributed by atoms with Crippen LogP contribution < -0.4 is 19.5 Å². The lowest BCUT2D eigenvalue weighted by molar-refractivity contribution is -0.120. The van der Waals surface area contributed by atoms with Crippen molar-refractivity contribution in [2.75, 3.05) is 19.8 Å². The minimum absolute atomic E-state index is 0.0901. The van der Waals surface area contributed by atoms with E-state index in [1.165, 1.54) is 0 Å². The molecule has 0 spiro atoms. The van der Waals surface area contributed by atoms with Gasteiger partial charge < -0.3 is 19.5 Å². The highest BCUT2D eigenvalue weighted by Gasteiger charge is 2.16. The third-order valence-electron chi connectivity index (χ3n) is 3.83. The number of fused-ring (bicyclic) bond motifs is 1. The number of amides is 1. The second kappa shape index (κ2) is 8.89. The van der Waals surface area contributed by atoms with E-state index >= 15 is 0 Å². The van der Waals surface area contributed by atoms with Gasteiger partial charge in [0.25, 0.3) is 0 Å². The molecule has 138 valence electrons. The summed E-state index contributed by atoms with van der Waals surface area (Å²) in [7, 11) is 0. The van der Waals surface area contributed by atoms with Crippen LogP contribution in [0.4, 0.5) is 0 Å². The molecule has 2 aromatic rings. The first kappa shape index (κ1) is 18.5. The zero-order valence-electron chi connectivity index (χ0n) is 14.6. The van der Waals surface area contributed by atoms with Crippen LogP contribution in [0.5, 0.6) is 17.4 Å². The average molecular weight is 421 g/mol. The fraction of sp³-hybridized carbons (Fsp3) is 0.368. The van der Waals surface area contributed by atoms with E-state index in [0.717, 1.165) is 22.0 Å². The van der Waals surface area contributed by atoms with Crippen LogP contribution >= 0.6 is 15.9 Å². The van der Waals surface area contributed by atoms with Gasteiger partial charge in [0.05, 0.1) is 13.0 Å². The van der Waals surface area contributed by atoms with E-state index in [1.54, 1.807) is 6.20 Å². The Bertz CT molecular complexity index is 782. The molecule has 1 amide bonds. The molecule has 7 heteroatoms. The first-order chi connectivity index (χ1) is 12.7. The minimum Gasteiger partial charge on any atom is -0.486 e. The van der Waals surface area contributed by atoms with Crippen LogP contribution in [0.2, 0.25) is 0 Å². The molecule has 0 unspecified atom stereocenters. The summed E-state index contributed by atoms with van der Waals surface area (Å²) in [4.78, 5) is 16.6. The molecule has 0 atom stereocenters. The smallest absolute Gasteiger partial charge is 0.224 e. The van der Waals surface area contributed by atoms with E-state index in [9.17, 15) is 4.79 Å². The normalized spacial score (nSPS) is 12.5. The van der Waals surface area contributed by atoms with Crippen molar-refractivity contribution in [1.29, 1.82) is 0 Å². The number of benzene rings is 1. The monoisotopic (exact) mass is 420 g/mol. The Morgan fingerprint density at radius 2 is 2.04 bits per heavy atom. The Labute approximate surface area is 161 Å². The lowest BCUT2D eigenvalue weighted by Crippen LogP contribution is -2.25. The largest absolute Gasteiger partial charge is 0.486 e. The predicted molar refractivity (Wildman–Crippen MR) is 101 cm³/mol. The molecule has 0 fully saturated rings. The number of ether oxygens (including phenoxy) is 3. The van der Waals surface area contributed by atoms with E-state index in [1.807, 2.05) is 31.2 Å². The van der Waals surface area contributed by atoms with Gasteiger partial charge in [-0.25, -0.2) is 4.98 Å². The molecule has 0 aliphatic carbocycles. The Hall–Kier alpha value is -2.28. The van der Waals surface area contributed by atoms with Gasteiger partial charge in [0.1, 0.15) is 13.2 Å². The molecule has 1 aliphatic heterocycles. The SMILES string of the molecule is CCCOc1ncccc1CNC(=O)Cc1cc2c(cc1Br)OCCO2. The maximum Gasteiger partial charge on any atom is 0.224 e. The lowest BCUT2D eigenvalue weighted by atomic mass is 10.1. The van der Waals surface area contributed by atoms with Gasteiger partial charge in [0.15, 0.2) is 11.5 Å². The van der Waals surface area contributed by atoms with Crippen molar-refractivity contribution in [3.63, 3.8) is 0 Å². The van der Waals surface area contributed by atoms with E-state index in [-0.39, 0.29) is 12.3 Å². The number of hydrogen-bond donors (Lipinski definition) is 1. The predicted octanol–water partition coefficient (Wildman–Crippen LogP) is 3.26. The van der Waals surface area contributed by atoms with Crippen LogP contribution in [-0.4, -0.2) is 30.7 Å². The van der Waals surface area contributed by atoms with Crippen molar-refractivity contribution in [3.8, 4) is 17.4 Å². The third-order valence-corrected chi connectivity index (χ3v) is 4.57. The van der Waals surface area contributed by atoms with Crippen molar-refractivity contribution >= 4 is 21.8 Å². The Kier molecular flexibility index (Phi) is 6.33. The van der Waals surface area contributed by atoms with Gasteiger partial charge in [-0.3, -0.25) is 4.79 Å². The maximum absolute atomic E-state index is 12.4. The summed E-state index contributed by atoms with van der Waals surface area (Å²) in [5.74, 6) is 1.84. The van der Waals surface area contributed by atoms with Crippen molar-refractivity contribution in [2.24, 2.45) is 0 Å². The molecule has 0 saturated carbocycles. The van der Waals surface area contributed by atoms with Gasteiger partial charge in [0, 0.05) is 22.8 Å².